The Hall–Kier alpha value is -1.55. The van der Waals surface area contributed by atoms with Gasteiger partial charge in [0.1, 0.15) is 5.75 Å². The lowest BCUT2D eigenvalue weighted by atomic mass is 10.0. The number of ether oxygens (including phenoxy) is 1. The van der Waals surface area contributed by atoms with E-state index < -0.39 is 6.10 Å². The lowest BCUT2D eigenvalue weighted by Crippen LogP contribution is -2.39. The lowest BCUT2D eigenvalue weighted by Gasteiger charge is -2.23. The number of carbonyl (C=O) groups excluding carboxylic acids is 1. The molecule has 0 saturated carbocycles. The van der Waals surface area contributed by atoms with Crippen molar-refractivity contribution in [1.82, 2.24) is 4.90 Å². The maximum absolute atomic E-state index is 12.5. The third-order valence-corrected chi connectivity index (χ3v) is 4.37. The molecule has 2 N–H and O–H groups in total. The second kappa shape index (κ2) is 7.14. The normalized spacial score (nSPS) is 19.5. The van der Waals surface area contributed by atoms with Gasteiger partial charge in [0.25, 0.3) is 5.91 Å². The standard InChI is InChI=1S/C18H28N2O2/c1-12(2)16-6-5-13(3)9-17(16)22-14(4)18(21)20-8-7-15(10-19)11-20/h5-6,9,12,14-15H,7-8,10-11,19H2,1-4H3/t14-,15-/m0/s1. The van der Waals surface area contributed by atoms with E-state index >= 15 is 0 Å². The second-order valence-electron chi connectivity index (χ2n) is 6.63. The summed E-state index contributed by atoms with van der Waals surface area (Å²) in [4.78, 5) is 14.4. The number of hydrogen-bond donors (Lipinski definition) is 1. The Labute approximate surface area is 133 Å². The zero-order valence-electron chi connectivity index (χ0n) is 14.1. The first-order valence-corrected chi connectivity index (χ1v) is 8.18. The molecule has 122 valence electrons. The molecule has 0 spiro atoms. The van der Waals surface area contributed by atoms with Crippen molar-refractivity contribution < 1.29 is 9.53 Å². The van der Waals surface area contributed by atoms with Crippen molar-refractivity contribution in [2.24, 2.45) is 11.7 Å². The molecule has 0 aromatic heterocycles. The molecule has 4 nitrogen and oxygen atoms in total. The first-order valence-electron chi connectivity index (χ1n) is 8.18. The average molecular weight is 304 g/mol. The average Bonchev–Trinajstić information content (AvgIpc) is 2.95. The van der Waals surface area contributed by atoms with E-state index in [1.54, 1.807) is 0 Å². The third-order valence-electron chi connectivity index (χ3n) is 4.37. The fraction of sp³-hybridized carbons (Fsp3) is 0.611. The number of nitrogens with two attached hydrogens (primary N) is 1. The van der Waals surface area contributed by atoms with Gasteiger partial charge < -0.3 is 15.4 Å². The molecule has 1 heterocycles. The Kier molecular flexibility index (Phi) is 5.46. The Balaban J connectivity index is 2.07. The third kappa shape index (κ3) is 3.80. The van der Waals surface area contributed by atoms with Gasteiger partial charge in [-0.2, -0.15) is 0 Å². The van der Waals surface area contributed by atoms with E-state index in [1.165, 1.54) is 0 Å². The predicted molar refractivity (Wildman–Crippen MR) is 89.1 cm³/mol. The molecular weight excluding hydrogens is 276 g/mol. The summed E-state index contributed by atoms with van der Waals surface area (Å²) < 4.78 is 6.01. The molecule has 4 heteroatoms. The van der Waals surface area contributed by atoms with Gasteiger partial charge in [0.15, 0.2) is 6.10 Å². The highest BCUT2D eigenvalue weighted by atomic mass is 16.5. The summed E-state index contributed by atoms with van der Waals surface area (Å²) in [6, 6.07) is 6.19. The van der Waals surface area contributed by atoms with Gasteiger partial charge in [-0.15, -0.1) is 0 Å². The first kappa shape index (κ1) is 16.8. The summed E-state index contributed by atoms with van der Waals surface area (Å²) in [6.45, 7) is 10.3. The van der Waals surface area contributed by atoms with E-state index in [9.17, 15) is 4.79 Å². The van der Waals surface area contributed by atoms with Crippen molar-refractivity contribution in [2.75, 3.05) is 19.6 Å². The minimum Gasteiger partial charge on any atom is -0.481 e. The van der Waals surface area contributed by atoms with E-state index in [4.69, 9.17) is 10.5 Å². The zero-order chi connectivity index (χ0) is 16.3. The summed E-state index contributed by atoms with van der Waals surface area (Å²) in [5.41, 5.74) is 7.98. The summed E-state index contributed by atoms with van der Waals surface area (Å²) in [7, 11) is 0. The van der Waals surface area contributed by atoms with Crippen LogP contribution in [0.1, 0.15) is 44.2 Å². The molecule has 1 amide bonds. The Bertz CT molecular complexity index is 528. The first-order chi connectivity index (χ1) is 10.4. The maximum atomic E-state index is 12.5. The van der Waals surface area contributed by atoms with Gasteiger partial charge in [0.2, 0.25) is 0 Å². The minimum absolute atomic E-state index is 0.0622. The van der Waals surface area contributed by atoms with Crippen LogP contribution in [0.4, 0.5) is 0 Å². The van der Waals surface area contributed by atoms with Crippen LogP contribution in [0, 0.1) is 12.8 Å². The van der Waals surface area contributed by atoms with Crippen molar-refractivity contribution in [3.8, 4) is 5.75 Å². The predicted octanol–water partition coefficient (Wildman–Crippen LogP) is 2.69. The topological polar surface area (TPSA) is 55.6 Å². The van der Waals surface area contributed by atoms with Crippen LogP contribution in [0.3, 0.4) is 0 Å². The number of amides is 1. The summed E-state index contributed by atoms with van der Waals surface area (Å²) in [6.07, 6.45) is 0.534. The van der Waals surface area contributed by atoms with E-state index in [1.807, 2.05) is 24.8 Å². The van der Waals surface area contributed by atoms with Crippen LogP contribution in [-0.2, 0) is 4.79 Å². The summed E-state index contributed by atoms with van der Waals surface area (Å²) in [5.74, 6) is 1.69. The molecule has 2 atom stereocenters. The number of benzene rings is 1. The second-order valence-corrected chi connectivity index (χ2v) is 6.63. The van der Waals surface area contributed by atoms with Crippen LogP contribution in [0.2, 0.25) is 0 Å². The largest absolute Gasteiger partial charge is 0.481 e. The van der Waals surface area contributed by atoms with Crippen LogP contribution in [0.5, 0.6) is 5.75 Å². The van der Waals surface area contributed by atoms with Crippen molar-refractivity contribution in [2.45, 2.75) is 46.1 Å². The highest BCUT2D eigenvalue weighted by Gasteiger charge is 2.29. The molecular formula is C18H28N2O2. The molecule has 1 aromatic carbocycles. The molecule has 0 aliphatic carbocycles. The molecule has 1 aliphatic heterocycles. The van der Waals surface area contributed by atoms with Gasteiger partial charge in [-0.05, 0) is 55.8 Å². The van der Waals surface area contributed by atoms with Crippen molar-refractivity contribution in [3.05, 3.63) is 29.3 Å². The molecule has 1 aliphatic rings. The van der Waals surface area contributed by atoms with Crippen molar-refractivity contribution >= 4 is 5.91 Å². The van der Waals surface area contributed by atoms with Crippen LogP contribution in [-0.4, -0.2) is 36.5 Å². The number of likely N-dealkylation sites (tertiary alicyclic amines) is 1. The number of nitrogens with zero attached hydrogens (tertiary/aromatic N) is 1. The number of carbonyl (C=O) groups is 1. The molecule has 1 saturated heterocycles. The number of hydrogen-bond acceptors (Lipinski definition) is 3. The summed E-state index contributed by atoms with van der Waals surface area (Å²) in [5, 5.41) is 0. The van der Waals surface area contributed by atoms with E-state index in [2.05, 4.69) is 26.0 Å². The summed E-state index contributed by atoms with van der Waals surface area (Å²) >= 11 is 0. The van der Waals surface area contributed by atoms with Gasteiger partial charge in [-0.25, -0.2) is 0 Å². The van der Waals surface area contributed by atoms with Gasteiger partial charge in [-0.1, -0.05) is 26.0 Å². The van der Waals surface area contributed by atoms with Crippen molar-refractivity contribution in [3.63, 3.8) is 0 Å². The fourth-order valence-corrected chi connectivity index (χ4v) is 2.94. The molecule has 2 rings (SSSR count). The van der Waals surface area contributed by atoms with Gasteiger partial charge in [0, 0.05) is 13.1 Å². The number of rotatable bonds is 5. The Morgan fingerprint density at radius 2 is 2.14 bits per heavy atom. The molecule has 0 unspecified atom stereocenters. The fourth-order valence-electron chi connectivity index (χ4n) is 2.94. The Morgan fingerprint density at radius 1 is 1.41 bits per heavy atom. The highest BCUT2D eigenvalue weighted by molar-refractivity contribution is 5.81. The monoisotopic (exact) mass is 304 g/mol. The zero-order valence-corrected chi connectivity index (χ0v) is 14.1. The molecule has 0 bridgehead atoms. The maximum Gasteiger partial charge on any atom is 0.263 e. The van der Waals surface area contributed by atoms with Crippen LogP contribution >= 0.6 is 0 Å². The molecule has 1 aromatic rings. The van der Waals surface area contributed by atoms with Gasteiger partial charge in [0.05, 0.1) is 0 Å². The highest BCUT2D eigenvalue weighted by Crippen LogP contribution is 2.29. The van der Waals surface area contributed by atoms with E-state index in [-0.39, 0.29) is 5.91 Å². The van der Waals surface area contributed by atoms with Crippen LogP contribution in [0.15, 0.2) is 18.2 Å². The Morgan fingerprint density at radius 3 is 2.73 bits per heavy atom. The number of aryl methyl sites for hydroxylation is 1. The van der Waals surface area contributed by atoms with Gasteiger partial charge in [-0.3, -0.25) is 4.79 Å². The molecule has 0 radical (unpaired) electrons. The molecule has 22 heavy (non-hydrogen) atoms. The van der Waals surface area contributed by atoms with Crippen LogP contribution in [0.25, 0.3) is 0 Å². The minimum atomic E-state index is -0.462. The van der Waals surface area contributed by atoms with E-state index in [0.29, 0.717) is 18.4 Å². The quantitative estimate of drug-likeness (QED) is 0.910. The smallest absolute Gasteiger partial charge is 0.263 e. The van der Waals surface area contributed by atoms with Crippen molar-refractivity contribution in [1.29, 1.82) is 0 Å². The lowest BCUT2D eigenvalue weighted by molar-refractivity contribution is -0.137. The van der Waals surface area contributed by atoms with Gasteiger partial charge >= 0.3 is 0 Å². The molecule has 1 fully saturated rings. The van der Waals surface area contributed by atoms with E-state index in [0.717, 1.165) is 36.4 Å². The SMILES string of the molecule is Cc1ccc(C(C)C)c(O[C@@H](C)C(=O)N2CC[C@@H](CN)C2)c1. The van der Waals surface area contributed by atoms with Crippen LogP contribution < -0.4 is 10.5 Å².